The zero-order valence-electron chi connectivity index (χ0n) is 14.8. The predicted molar refractivity (Wildman–Crippen MR) is 97.1 cm³/mol. The Kier molecular flexibility index (Phi) is 8.54. The molecule has 0 fully saturated rings. The molecule has 0 bridgehead atoms. The van der Waals surface area contributed by atoms with Crippen molar-refractivity contribution in [2.75, 3.05) is 18.0 Å². The van der Waals surface area contributed by atoms with Gasteiger partial charge in [-0.2, -0.15) is 0 Å². The Morgan fingerprint density at radius 2 is 1.67 bits per heavy atom. The van der Waals surface area contributed by atoms with Crippen LogP contribution in [0.25, 0.3) is 0 Å². The van der Waals surface area contributed by atoms with E-state index in [1.807, 2.05) is 30.9 Å². The SMILES string of the molecule is CC=CCCCN(CCCC=CC)c1cc([N+](=O)[O-])cc(C)[n+]1[O-]. The zero-order chi connectivity index (χ0) is 17.9. The fourth-order valence-corrected chi connectivity index (χ4v) is 2.49. The van der Waals surface area contributed by atoms with Crippen LogP contribution in [-0.2, 0) is 0 Å². The second kappa shape index (κ2) is 10.4. The van der Waals surface area contributed by atoms with Gasteiger partial charge in [-0.05, 0) is 46.5 Å². The maximum absolute atomic E-state index is 12.4. The molecule has 1 heterocycles. The second-order valence-corrected chi connectivity index (χ2v) is 5.67. The van der Waals surface area contributed by atoms with Gasteiger partial charge in [0.1, 0.15) is 11.8 Å². The van der Waals surface area contributed by atoms with Crippen LogP contribution in [0.3, 0.4) is 0 Å². The van der Waals surface area contributed by atoms with Crippen molar-refractivity contribution < 1.29 is 9.65 Å². The summed E-state index contributed by atoms with van der Waals surface area (Å²) in [4.78, 5) is 12.6. The van der Waals surface area contributed by atoms with Gasteiger partial charge in [-0.15, -0.1) is 0 Å². The van der Waals surface area contributed by atoms with E-state index < -0.39 is 4.92 Å². The van der Waals surface area contributed by atoms with E-state index in [4.69, 9.17) is 0 Å². The lowest BCUT2D eigenvalue weighted by atomic mass is 10.2. The first-order valence-corrected chi connectivity index (χ1v) is 8.37. The maximum Gasteiger partial charge on any atom is 0.286 e. The molecule has 24 heavy (non-hydrogen) atoms. The minimum absolute atomic E-state index is 0.0403. The summed E-state index contributed by atoms with van der Waals surface area (Å²) in [6.45, 7) is 6.95. The normalized spacial score (nSPS) is 11.5. The number of unbranched alkanes of at least 4 members (excludes halogenated alkanes) is 2. The molecule has 1 rings (SSSR count). The molecule has 0 aromatic carbocycles. The summed E-state index contributed by atoms with van der Waals surface area (Å²) in [5, 5.41) is 23.5. The summed E-state index contributed by atoms with van der Waals surface area (Å²) in [6, 6.07) is 2.69. The maximum atomic E-state index is 12.4. The van der Waals surface area contributed by atoms with Gasteiger partial charge in [0.25, 0.3) is 11.5 Å². The number of aromatic nitrogens is 1. The van der Waals surface area contributed by atoms with Crippen molar-refractivity contribution in [1.82, 2.24) is 0 Å². The largest absolute Gasteiger partial charge is 0.710 e. The highest BCUT2D eigenvalue weighted by molar-refractivity contribution is 5.44. The van der Waals surface area contributed by atoms with Crippen molar-refractivity contribution in [1.29, 1.82) is 0 Å². The molecule has 0 aliphatic carbocycles. The molecule has 6 heteroatoms. The quantitative estimate of drug-likeness (QED) is 0.162. The first kappa shape index (κ1) is 19.7. The Balaban J connectivity index is 3.00. The summed E-state index contributed by atoms with van der Waals surface area (Å²) in [6.07, 6.45) is 11.8. The van der Waals surface area contributed by atoms with E-state index in [2.05, 4.69) is 12.2 Å². The Morgan fingerprint density at radius 1 is 1.12 bits per heavy atom. The molecule has 132 valence electrons. The number of anilines is 1. The van der Waals surface area contributed by atoms with E-state index in [-0.39, 0.29) is 5.69 Å². The number of nitro groups is 1. The molecule has 0 aliphatic rings. The fourth-order valence-electron chi connectivity index (χ4n) is 2.49. The van der Waals surface area contributed by atoms with Crippen molar-refractivity contribution in [3.63, 3.8) is 0 Å². The minimum Gasteiger partial charge on any atom is -0.710 e. The molecule has 0 saturated heterocycles. The van der Waals surface area contributed by atoms with Crippen molar-refractivity contribution in [2.45, 2.75) is 46.5 Å². The van der Waals surface area contributed by atoms with Crippen LogP contribution in [-0.4, -0.2) is 18.0 Å². The third kappa shape index (κ3) is 6.02. The third-order valence-electron chi connectivity index (χ3n) is 3.77. The molecule has 0 amide bonds. The third-order valence-corrected chi connectivity index (χ3v) is 3.77. The molecule has 0 unspecified atom stereocenters. The molecule has 1 aromatic rings. The van der Waals surface area contributed by atoms with E-state index in [0.717, 1.165) is 30.4 Å². The lowest BCUT2D eigenvalue weighted by molar-refractivity contribution is -0.600. The first-order valence-electron chi connectivity index (χ1n) is 8.37. The lowest BCUT2D eigenvalue weighted by Crippen LogP contribution is -2.41. The van der Waals surface area contributed by atoms with Crippen LogP contribution >= 0.6 is 0 Å². The molecule has 6 nitrogen and oxygen atoms in total. The topological polar surface area (TPSA) is 73.3 Å². The molecule has 0 radical (unpaired) electrons. The molecule has 0 N–H and O–H groups in total. The van der Waals surface area contributed by atoms with E-state index in [9.17, 15) is 15.3 Å². The Morgan fingerprint density at radius 3 is 2.12 bits per heavy atom. The van der Waals surface area contributed by atoms with Gasteiger partial charge in [0, 0.05) is 0 Å². The van der Waals surface area contributed by atoms with Crippen LogP contribution in [0.1, 0.15) is 45.2 Å². The average Bonchev–Trinajstić information content (AvgIpc) is 2.56. The zero-order valence-corrected chi connectivity index (χ0v) is 14.8. The molecule has 0 atom stereocenters. The van der Waals surface area contributed by atoms with Gasteiger partial charge < -0.3 is 5.21 Å². The van der Waals surface area contributed by atoms with Crippen LogP contribution in [0.4, 0.5) is 11.5 Å². The van der Waals surface area contributed by atoms with E-state index in [1.54, 1.807) is 6.92 Å². The van der Waals surface area contributed by atoms with Crippen LogP contribution in [0.2, 0.25) is 0 Å². The van der Waals surface area contributed by atoms with Gasteiger partial charge in [0.15, 0.2) is 0 Å². The van der Waals surface area contributed by atoms with Gasteiger partial charge >= 0.3 is 0 Å². The van der Waals surface area contributed by atoms with Crippen molar-refractivity contribution in [3.8, 4) is 0 Å². The standard InChI is InChI=1S/C18H27N3O3/c1-4-6-8-10-12-19(13-11-9-7-5-2)18-15-17(21(23)24)14-16(3)20(18)22/h4-7,14-15H,8-13H2,1-3H3. The highest BCUT2D eigenvalue weighted by Gasteiger charge is 2.22. The highest BCUT2D eigenvalue weighted by atomic mass is 16.6. The van der Waals surface area contributed by atoms with E-state index in [1.165, 1.54) is 12.1 Å². The number of rotatable bonds is 10. The lowest BCUT2D eigenvalue weighted by Gasteiger charge is -2.21. The predicted octanol–water partition coefficient (Wildman–Crippen LogP) is 4.06. The summed E-state index contributed by atoms with van der Waals surface area (Å²) < 4.78 is 0.790. The fraction of sp³-hybridized carbons (Fsp3) is 0.500. The Labute approximate surface area is 143 Å². The number of allylic oxidation sites excluding steroid dienone is 4. The summed E-state index contributed by atoms with van der Waals surface area (Å²) in [5.74, 6) is 0.364. The Hall–Kier alpha value is -2.37. The number of hydrogen-bond acceptors (Lipinski definition) is 4. The summed E-state index contributed by atoms with van der Waals surface area (Å²) >= 11 is 0. The molecule has 0 aliphatic heterocycles. The van der Waals surface area contributed by atoms with Crippen molar-refractivity contribution in [3.05, 3.63) is 57.5 Å². The molecule has 1 aromatic heterocycles. The van der Waals surface area contributed by atoms with Crippen LogP contribution in [0, 0.1) is 22.2 Å². The van der Waals surface area contributed by atoms with Crippen LogP contribution in [0.5, 0.6) is 0 Å². The number of nitrogens with zero attached hydrogens (tertiary/aromatic N) is 3. The van der Waals surface area contributed by atoms with E-state index >= 15 is 0 Å². The minimum atomic E-state index is -0.450. The van der Waals surface area contributed by atoms with Gasteiger partial charge in [-0.1, -0.05) is 24.3 Å². The number of pyridine rings is 1. The second-order valence-electron chi connectivity index (χ2n) is 5.67. The van der Waals surface area contributed by atoms with Crippen LogP contribution < -0.4 is 9.63 Å². The van der Waals surface area contributed by atoms with Gasteiger partial charge in [0.05, 0.1) is 24.1 Å². The van der Waals surface area contributed by atoms with Gasteiger partial charge in [-0.3, -0.25) is 15.0 Å². The first-order chi connectivity index (χ1) is 11.5. The summed E-state index contributed by atoms with van der Waals surface area (Å²) in [7, 11) is 0. The molecular formula is C18H27N3O3. The van der Waals surface area contributed by atoms with Crippen molar-refractivity contribution in [2.24, 2.45) is 0 Å². The smallest absolute Gasteiger partial charge is 0.286 e. The Bertz CT molecular complexity index is 579. The number of aryl methyl sites for hydroxylation is 1. The van der Waals surface area contributed by atoms with Gasteiger partial charge in [-0.25, -0.2) is 4.73 Å². The molecular weight excluding hydrogens is 306 g/mol. The average molecular weight is 333 g/mol. The molecule has 0 saturated carbocycles. The summed E-state index contributed by atoms with van der Waals surface area (Å²) in [5.41, 5.74) is 0.299. The monoisotopic (exact) mass is 333 g/mol. The highest BCUT2D eigenvalue weighted by Crippen LogP contribution is 2.20. The van der Waals surface area contributed by atoms with Crippen LogP contribution in [0.15, 0.2) is 36.4 Å². The molecule has 0 spiro atoms. The number of hydrogen-bond donors (Lipinski definition) is 0. The van der Waals surface area contributed by atoms with Crippen molar-refractivity contribution >= 4 is 11.5 Å². The van der Waals surface area contributed by atoms with E-state index in [0.29, 0.717) is 24.6 Å². The van der Waals surface area contributed by atoms with Gasteiger partial charge in [0.2, 0.25) is 0 Å².